The maximum atomic E-state index is 12.7. The minimum atomic E-state index is -4.81. The van der Waals surface area contributed by atoms with Gasteiger partial charge in [-0.05, 0) is 335 Å². The number of rotatable bonds is 17. The molecule has 39 heteroatoms. The first-order valence-corrected chi connectivity index (χ1v) is 38.7. The number of thiocarbonyl (C=S) groups is 4. The van der Waals surface area contributed by atoms with Gasteiger partial charge in [0.15, 0.2) is 20.4 Å². The standard InChI is InChI=1S/C14H11F3N2O2S.C14H11F3N2OS.C14H14N2O2S.C13H10F3NO4S.C13H11FN2OS.C13H13NO3S/c15-14(16,17)21-12-7-3-10(4-8-12)19-13(22)18-9-1-5-11(20)6-2-9;15-14(16,17)9-1-3-10(4-2-9)18-13(21)19-11-5-7-12(20)8-6-11;1-18-13-8-4-11(5-9-13)16-14(19)15-10-2-6-12(17)7-3-10;14-13(15,16)21-11-5-1-9(2-6-11)17-22(19,20)12-7-3-10(18)4-8-12;14-9-1-3-10(4-2-9)15-13(18)16-11-5-7-12(17)8-6-11;1-10-2-4-11(5-3-10)14-18(16,17)13-8-6-12(15)7-9-13/h1-8,20H,(H2,18,19,22);1-8,20H,(H2,18,19,21);2-9,17H,1H3,(H2,15,16,19);1-8,17-18H;1-8,17H,(H2,15,16,18);2-9,14-15H,1H3. The van der Waals surface area contributed by atoms with Gasteiger partial charge in [0.2, 0.25) is 0 Å². The third-order valence-corrected chi connectivity index (χ3v) is 18.3. The zero-order valence-electron chi connectivity index (χ0n) is 62.0. The molecule has 12 aromatic rings. The van der Waals surface area contributed by atoms with Gasteiger partial charge in [-0.15, -0.1) is 26.3 Å². The van der Waals surface area contributed by atoms with Crippen LogP contribution in [0.5, 0.6) is 51.7 Å². The smallest absolute Gasteiger partial charge is 0.508 e. The topological polar surface area (TPSA) is 338 Å². The van der Waals surface area contributed by atoms with Gasteiger partial charge in [0, 0.05) is 56.9 Å². The summed E-state index contributed by atoms with van der Waals surface area (Å²) in [6.07, 6.45) is -13.9. The summed E-state index contributed by atoms with van der Waals surface area (Å²) >= 11 is 20.4. The van der Waals surface area contributed by atoms with E-state index in [9.17, 15) is 65.8 Å². The lowest BCUT2D eigenvalue weighted by Crippen LogP contribution is -2.19. The number of alkyl halides is 9. The van der Waals surface area contributed by atoms with Crippen molar-refractivity contribution in [1.29, 1.82) is 0 Å². The molecule has 23 nitrogen and oxygen atoms in total. The Hall–Kier alpha value is -13.6. The van der Waals surface area contributed by atoms with Crippen LogP contribution in [0, 0.1) is 12.7 Å². The van der Waals surface area contributed by atoms with E-state index in [-0.39, 0.29) is 71.8 Å². The highest BCUT2D eigenvalue weighted by molar-refractivity contribution is 7.93. The summed E-state index contributed by atoms with van der Waals surface area (Å²) in [6.45, 7) is 1.93. The molecule has 0 aliphatic rings. The minimum Gasteiger partial charge on any atom is -0.508 e. The van der Waals surface area contributed by atoms with Gasteiger partial charge < -0.3 is 87.4 Å². The highest BCUT2D eigenvalue weighted by Gasteiger charge is 2.32. The van der Waals surface area contributed by atoms with Gasteiger partial charge in [0.25, 0.3) is 20.0 Å². The van der Waals surface area contributed by atoms with Crippen LogP contribution in [0.25, 0.3) is 0 Å². The molecule has 0 atom stereocenters. The van der Waals surface area contributed by atoms with Crippen molar-refractivity contribution in [3.63, 3.8) is 0 Å². The highest BCUT2D eigenvalue weighted by atomic mass is 32.2. The van der Waals surface area contributed by atoms with Crippen LogP contribution < -0.4 is 66.2 Å². The molecule has 0 amide bonds. The van der Waals surface area contributed by atoms with Crippen LogP contribution >= 0.6 is 48.9 Å². The van der Waals surface area contributed by atoms with Crippen molar-refractivity contribution in [2.75, 3.05) is 59.1 Å². The summed E-state index contributed by atoms with van der Waals surface area (Å²) in [5.74, 6) is 0.345. The van der Waals surface area contributed by atoms with Gasteiger partial charge in [-0.3, -0.25) is 9.44 Å². The predicted molar refractivity (Wildman–Crippen MR) is 458 cm³/mol. The molecule has 12 aromatic carbocycles. The summed E-state index contributed by atoms with van der Waals surface area (Å²) in [5, 5.41) is 79.5. The molecule has 0 unspecified atom stereocenters. The van der Waals surface area contributed by atoms with Crippen molar-refractivity contribution in [2.24, 2.45) is 0 Å². The first kappa shape index (κ1) is 93.6. The Morgan fingerprint density at radius 1 is 0.292 bits per heavy atom. The average molecular weight is 1770 g/mol. The number of anilines is 10. The van der Waals surface area contributed by atoms with Crippen LogP contribution in [-0.2, 0) is 26.2 Å². The molecule has 0 saturated carbocycles. The zero-order valence-corrected chi connectivity index (χ0v) is 66.9. The lowest BCUT2D eigenvalue weighted by Gasteiger charge is -2.12. The second-order valence-electron chi connectivity index (χ2n) is 24.0. The molecular formula is C81H70F10N10O13S6. The van der Waals surface area contributed by atoms with E-state index in [4.69, 9.17) is 79.1 Å². The number of phenolic OH excluding ortho intramolecular Hbond substituents is 6. The number of halogens is 10. The van der Waals surface area contributed by atoms with Crippen molar-refractivity contribution < 1.29 is 106 Å². The summed E-state index contributed by atoms with van der Waals surface area (Å²) in [6, 6.07) is 70.3. The number of aromatic hydroxyl groups is 6. The number of ether oxygens (including phenoxy) is 3. The fourth-order valence-electron chi connectivity index (χ4n) is 9.07. The predicted octanol–water partition coefficient (Wildman–Crippen LogP) is 20.5. The Morgan fingerprint density at radius 2 is 0.492 bits per heavy atom. The third kappa shape index (κ3) is 35.1. The molecule has 0 aromatic heterocycles. The summed E-state index contributed by atoms with van der Waals surface area (Å²) in [4.78, 5) is 0.0155. The Bertz CT molecular complexity index is 5480. The normalized spacial score (nSPS) is 10.8. The van der Waals surface area contributed by atoms with Gasteiger partial charge in [-0.1, -0.05) is 17.7 Å². The Balaban J connectivity index is 0.000000199. The van der Waals surface area contributed by atoms with E-state index in [1.54, 1.807) is 104 Å². The summed E-state index contributed by atoms with van der Waals surface area (Å²) in [7, 11) is -5.88. The highest BCUT2D eigenvalue weighted by Crippen LogP contribution is 2.32. The van der Waals surface area contributed by atoms with Crippen molar-refractivity contribution in [3.05, 3.63) is 308 Å². The molecule has 0 aliphatic carbocycles. The second-order valence-corrected chi connectivity index (χ2v) is 29.0. The largest absolute Gasteiger partial charge is 0.573 e. The molecule has 628 valence electrons. The third-order valence-electron chi connectivity index (χ3n) is 14.7. The lowest BCUT2D eigenvalue weighted by atomic mass is 10.2. The van der Waals surface area contributed by atoms with Crippen LogP contribution in [-0.4, -0.2) is 87.8 Å². The first-order chi connectivity index (χ1) is 56.6. The van der Waals surface area contributed by atoms with Crippen LogP contribution in [0.1, 0.15) is 11.1 Å². The van der Waals surface area contributed by atoms with Crippen molar-refractivity contribution in [3.8, 4) is 51.7 Å². The quantitative estimate of drug-likeness (QED) is 0.0229. The number of hydrogen-bond donors (Lipinski definition) is 16. The summed E-state index contributed by atoms with van der Waals surface area (Å²) < 4.78 is 187. The minimum absolute atomic E-state index is 0.0317. The van der Waals surface area contributed by atoms with E-state index >= 15 is 0 Å². The van der Waals surface area contributed by atoms with Gasteiger partial charge in [-0.2, -0.15) is 13.2 Å². The van der Waals surface area contributed by atoms with Gasteiger partial charge in [0.1, 0.15) is 57.6 Å². The Labute approximate surface area is 702 Å². The van der Waals surface area contributed by atoms with Crippen molar-refractivity contribution >= 4 is 146 Å². The number of nitrogens with one attached hydrogen (secondary N) is 10. The molecule has 16 N–H and O–H groups in total. The van der Waals surface area contributed by atoms with Gasteiger partial charge in [0.05, 0.1) is 22.5 Å². The van der Waals surface area contributed by atoms with Crippen LogP contribution in [0.3, 0.4) is 0 Å². The molecule has 0 fully saturated rings. The van der Waals surface area contributed by atoms with E-state index in [2.05, 4.69) is 61.5 Å². The monoisotopic (exact) mass is 1770 g/mol. The van der Waals surface area contributed by atoms with Crippen molar-refractivity contribution in [2.45, 2.75) is 35.6 Å². The SMILES string of the molecule is COc1ccc(NC(=S)Nc2ccc(O)cc2)cc1.Cc1ccc(NS(=O)(=O)c2ccc(O)cc2)cc1.O=S(=O)(Nc1ccc(OC(F)(F)F)cc1)c1ccc(O)cc1.Oc1ccc(NC(=S)Nc2ccc(C(F)(F)F)cc2)cc1.Oc1ccc(NC(=S)Nc2ccc(F)cc2)cc1.Oc1ccc(NC(=S)Nc2ccc(OC(F)(F)F)cc2)cc1. The maximum Gasteiger partial charge on any atom is 0.573 e. The van der Waals surface area contributed by atoms with E-state index in [0.29, 0.717) is 44.3 Å². The number of hydrogen-bond acceptors (Lipinski definition) is 17. The summed E-state index contributed by atoms with van der Waals surface area (Å²) in [5.41, 5.74) is 6.32. The zero-order chi connectivity index (χ0) is 87.8. The Kier molecular flexibility index (Phi) is 34.4. The maximum absolute atomic E-state index is 12.7. The Morgan fingerprint density at radius 3 is 0.725 bits per heavy atom. The number of aryl methyl sites for hydroxylation is 1. The molecule has 0 bridgehead atoms. The molecule has 0 radical (unpaired) electrons. The van der Waals surface area contributed by atoms with E-state index in [0.717, 1.165) is 64.8 Å². The fourth-order valence-corrected chi connectivity index (χ4v) is 12.1. The van der Waals surface area contributed by atoms with Crippen LogP contribution in [0.4, 0.5) is 101 Å². The van der Waals surface area contributed by atoms with Gasteiger partial charge in [-0.25, -0.2) is 21.2 Å². The average Bonchev–Trinajstić information content (AvgIpc) is 0.831. The number of methoxy groups -OCH3 is 1. The van der Waals surface area contributed by atoms with E-state index < -0.39 is 50.3 Å². The molecular weight excluding hydrogens is 1700 g/mol. The van der Waals surface area contributed by atoms with Crippen LogP contribution in [0.2, 0.25) is 0 Å². The second kappa shape index (κ2) is 44.1. The number of phenols is 6. The van der Waals surface area contributed by atoms with E-state index in [1.165, 1.54) is 121 Å². The fraction of sp³-hybridized carbons (Fsp3) is 0.0617. The van der Waals surface area contributed by atoms with Gasteiger partial charge >= 0.3 is 18.9 Å². The molecule has 12 rings (SSSR count). The van der Waals surface area contributed by atoms with Crippen molar-refractivity contribution in [1.82, 2.24) is 0 Å². The molecule has 0 aliphatic heterocycles. The molecule has 0 saturated heterocycles. The molecule has 0 heterocycles. The lowest BCUT2D eigenvalue weighted by molar-refractivity contribution is -0.275. The van der Waals surface area contributed by atoms with E-state index in [1.807, 2.05) is 43.3 Å². The first-order valence-electron chi connectivity index (χ1n) is 34.1. The molecule has 0 spiro atoms. The van der Waals surface area contributed by atoms with Crippen LogP contribution in [0.15, 0.2) is 301 Å². The number of sulfonamides is 2. The molecule has 120 heavy (non-hydrogen) atoms. The number of benzene rings is 12.